The predicted molar refractivity (Wildman–Crippen MR) is 96.2 cm³/mol. The molecule has 1 aliphatic heterocycles. The Balaban J connectivity index is 1.70. The second-order valence-corrected chi connectivity index (χ2v) is 7.90. The van der Waals surface area contributed by atoms with Crippen molar-refractivity contribution in [2.24, 2.45) is 0 Å². The molecular weight excluding hydrogens is 340 g/mol. The first-order valence-electron chi connectivity index (χ1n) is 8.04. The van der Waals surface area contributed by atoms with E-state index in [0.29, 0.717) is 36.6 Å². The van der Waals surface area contributed by atoms with E-state index in [1.807, 2.05) is 30.3 Å². The van der Waals surface area contributed by atoms with Crippen LogP contribution in [0, 0.1) is 0 Å². The van der Waals surface area contributed by atoms with Gasteiger partial charge in [0, 0.05) is 18.3 Å². The zero-order valence-corrected chi connectivity index (χ0v) is 14.7. The van der Waals surface area contributed by atoms with Gasteiger partial charge in [0.1, 0.15) is 17.5 Å². The van der Waals surface area contributed by atoms with Crippen molar-refractivity contribution < 1.29 is 17.9 Å². The van der Waals surface area contributed by atoms with Gasteiger partial charge < -0.3 is 10.1 Å². The van der Waals surface area contributed by atoms with E-state index >= 15 is 0 Å². The quantitative estimate of drug-likeness (QED) is 0.890. The highest BCUT2D eigenvalue weighted by molar-refractivity contribution is 7.88. The highest BCUT2D eigenvalue weighted by Gasteiger charge is 2.36. The molecule has 0 aromatic heterocycles. The number of sulfonamides is 1. The molecule has 1 N–H and O–H groups in total. The Hall–Kier alpha value is -2.38. The number of carbonyl (C=O) groups is 1. The van der Waals surface area contributed by atoms with Gasteiger partial charge in [-0.2, -0.15) is 4.31 Å². The third-order valence-corrected chi connectivity index (χ3v) is 5.30. The molecule has 0 saturated carbocycles. The molecule has 3 rings (SSSR count). The van der Waals surface area contributed by atoms with E-state index in [1.54, 1.807) is 24.3 Å². The summed E-state index contributed by atoms with van der Waals surface area (Å²) in [4.78, 5) is 12.5. The maximum absolute atomic E-state index is 12.5. The average Bonchev–Trinajstić information content (AvgIpc) is 3.06. The van der Waals surface area contributed by atoms with Crippen molar-refractivity contribution >= 4 is 21.6 Å². The van der Waals surface area contributed by atoms with Crippen LogP contribution in [0.1, 0.15) is 12.8 Å². The zero-order valence-electron chi connectivity index (χ0n) is 13.9. The smallest absolute Gasteiger partial charge is 0.242 e. The highest BCUT2D eigenvalue weighted by Crippen LogP contribution is 2.25. The molecule has 1 aliphatic rings. The molecule has 0 radical (unpaired) electrons. The SMILES string of the molecule is CS(=O)(=O)N1CCCC1C(=O)Nc1cccc(Oc2ccccc2)c1. The van der Waals surface area contributed by atoms with Crippen molar-refractivity contribution in [2.75, 3.05) is 18.1 Å². The summed E-state index contributed by atoms with van der Waals surface area (Å²) in [5.41, 5.74) is 0.568. The second kappa shape index (κ2) is 7.25. The Morgan fingerprint density at radius 3 is 2.56 bits per heavy atom. The van der Waals surface area contributed by atoms with Gasteiger partial charge in [0.15, 0.2) is 0 Å². The highest BCUT2D eigenvalue weighted by atomic mass is 32.2. The summed E-state index contributed by atoms with van der Waals surface area (Å²) in [6, 6.07) is 15.7. The number of ether oxygens (including phenoxy) is 1. The molecule has 0 aliphatic carbocycles. The van der Waals surface area contributed by atoms with Crippen LogP contribution in [-0.2, 0) is 14.8 Å². The molecule has 1 heterocycles. The first-order valence-corrected chi connectivity index (χ1v) is 9.89. The Bertz CT molecular complexity index is 852. The number of benzene rings is 2. The summed E-state index contributed by atoms with van der Waals surface area (Å²) in [6.07, 6.45) is 2.34. The van der Waals surface area contributed by atoms with E-state index in [9.17, 15) is 13.2 Å². The molecule has 1 fully saturated rings. The maximum Gasteiger partial charge on any atom is 0.242 e. The third-order valence-electron chi connectivity index (χ3n) is 4.01. The van der Waals surface area contributed by atoms with Crippen LogP contribution in [-0.4, -0.2) is 37.5 Å². The van der Waals surface area contributed by atoms with Gasteiger partial charge in [0.05, 0.1) is 6.26 Å². The Morgan fingerprint density at radius 2 is 1.84 bits per heavy atom. The lowest BCUT2D eigenvalue weighted by Gasteiger charge is -2.21. The Morgan fingerprint density at radius 1 is 1.12 bits per heavy atom. The zero-order chi connectivity index (χ0) is 17.9. The van der Waals surface area contributed by atoms with Crippen LogP contribution in [0.4, 0.5) is 5.69 Å². The average molecular weight is 360 g/mol. The van der Waals surface area contributed by atoms with E-state index in [1.165, 1.54) is 4.31 Å². The van der Waals surface area contributed by atoms with Gasteiger partial charge in [-0.1, -0.05) is 24.3 Å². The number of carbonyl (C=O) groups excluding carboxylic acids is 1. The molecule has 1 atom stereocenters. The van der Waals surface area contributed by atoms with Crippen molar-refractivity contribution in [3.05, 3.63) is 54.6 Å². The lowest BCUT2D eigenvalue weighted by Crippen LogP contribution is -2.42. The van der Waals surface area contributed by atoms with Crippen molar-refractivity contribution in [1.29, 1.82) is 0 Å². The third kappa shape index (κ3) is 4.37. The van der Waals surface area contributed by atoms with E-state index in [2.05, 4.69) is 5.32 Å². The molecule has 25 heavy (non-hydrogen) atoms. The fourth-order valence-corrected chi connectivity index (χ4v) is 4.01. The Kier molecular flexibility index (Phi) is 5.06. The van der Waals surface area contributed by atoms with Gasteiger partial charge in [-0.15, -0.1) is 0 Å². The molecule has 2 aromatic rings. The van der Waals surface area contributed by atoms with Crippen molar-refractivity contribution in [3.8, 4) is 11.5 Å². The first-order chi connectivity index (χ1) is 11.9. The normalized spacial score (nSPS) is 18.0. The summed E-state index contributed by atoms with van der Waals surface area (Å²) in [5, 5.41) is 2.79. The molecule has 132 valence electrons. The van der Waals surface area contributed by atoms with Gasteiger partial charge in [-0.05, 0) is 37.1 Å². The molecule has 1 unspecified atom stereocenters. The standard InChI is InChI=1S/C18H20N2O4S/c1-25(22,23)20-12-6-11-17(20)18(21)19-14-7-5-10-16(13-14)24-15-8-3-2-4-9-15/h2-5,7-10,13,17H,6,11-12H2,1H3,(H,19,21). The number of rotatable bonds is 5. The molecule has 0 bridgehead atoms. The molecule has 0 spiro atoms. The fraction of sp³-hybridized carbons (Fsp3) is 0.278. The summed E-state index contributed by atoms with van der Waals surface area (Å²) >= 11 is 0. The lowest BCUT2D eigenvalue weighted by molar-refractivity contribution is -0.119. The Labute approximate surface area is 147 Å². The largest absolute Gasteiger partial charge is 0.457 e. The number of hydrogen-bond donors (Lipinski definition) is 1. The van der Waals surface area contributed by atoms with Crippen molar-refractivity contribution in [2.45, 2.75) is 18.9 Å². The maximum atomic E-state index is 12.5. The van der Waals surface area contributed by atoms with Gasteiger partial charge in [-0.25, -0.2) is 8.42 Å². The molecule has 2 aromatic carbocycles. The molecule has 1 amide bonds. The molecule has 7 heteroatoms. The number of para-hydroxylation sites is 1. The number of nitrogens with one attached hydrogen (secondary N) is 1. The number of nitrogens with zero attached hydrogens (tertiary/aromatic N) is 1. The second-order valence-electron chi connectivity index (χ2n) is 5.96. The van der Waals surface area contributed by atoms with Crippen molar-refractivity contribution in [3.63, 3.8) is 0 Å². The minimum Gasteiger partial charge on any atom is -0.457 e. The summed E-state index contributed by atoms with van der Waals surface area (Å²) in [6.45, 7) is 0.383. The molecule has 1 saturated heterocycles. The van der Waals surface area contributed by atoms with E-state index in [-0.39, 0.29) is 5.91 Å². The fourth-order valence-electron chi connectivity index (χ4n) is 2.89. The number of amides is 1. The summed E-state index contributed by atoms with van der Waals surface area (Å²) < 4.78 is 30.6. The van der Waals surface area contributed by atoms with Crippen LogP contribution in [0.25, 0.3) is 0 Å². The monoisotopic (exact) mass is 360 g/mol. The number of anilines is 1. The number of hydrogen-bond acceptors (Lipinski definition) is 4. The van der Waals surface area contributed by atoms with Crippen LogP contribution in [0.5, 0.6) is 11.5 Å². The van der Waals surface area contributed by atoms with Gasteiger partial charge >= 0.3 is 0 Å². The van der Waals surface area contributed by atoms with Crippen LogP contribution in [0.15, 0.2) is 54.6 Å². The van der Waals surface area contributed by atoms with E-state index in [0.717, 1.165) is 6.26 Å². The molecule has 6 nitrogen and oxygen atoms in total. The summed E-state index contributed by atoms with van der Waals surface area (Å²) in [7, 11) is -3.39. The van der Waals surface area contributed by atoms with E-state index in [4.69, 9.17) is 4.74 Å². The van der Waals surface area contributed by atoms with Crippen LogP contribution in [0.2, 0.25) is 0 Å². The minimum atomic E-state index is -3.39. The summed E-state index contributed by atoms with van der Waals surface area (Å²) in [5.74, 6) is 0.972. The van der Waals surface area contributed by atoms with Crippen LogP contribution < -0.4 is 10.1 Å². The van der Waals surface area contributed by atoms with Crippen molar-refractivity contribution in [1.82, 2.24) is 4.31 Å². The van der Waals surface area contributed by atoms with Crippen LogP contribution >= 0.6 is 0 Å². The van der Waals surface area contributed by atoms with Gasteiger partial charge in [0.2, 0.25) is 15.9 Å². The van der Waals surface area contributed by atoms with E-state index < -0.39 is 16.1 Å². The molecular formula is C18H20N2O4S. The van der Waals surface area contributed by atoms with Crippen LogP contribution in [0.3, 0.4) is 0 Å². The predicted octanol–water partition coefficient (Wildman–Crippen LogP) is 2.84. The first kappa shape index (κ1) is 17.4. The van der Waals surface area contributed by atoms with Gasteiger partial charge in [0.25, 0.3) is 0 Å². The minimum absolute atomic E-state index is 0.320. The lowest BCUT2D eigenvalue weighted by atomic mass is 10.2. The topological polar surface area (TPSA) is 75.7 Å². The van der Waals surface area contributed by atoms with Gasteiger partial charge in [-0.3, -0.25) is 4.79 Å².